The van der Waals surface area contributed by atoms with Crippen molar-refractivity contribution in [2.24, 2.45) is 0 Å². The van der Waals surface area contributed by atoms with E-state index in [-0.39, 0.29) is 0 Å². The highest BCUT2D eigenvalue weighted by Crippen LogP contribution is 2.41. The van der Waals surface area contributed by atoms with E-state index in [9.17, 15) is 0 Å². The molecule has 1 aromatic carbocycles. The zero-order chi connectivity index (χ0) is 16.3. The summed E-state index contributed by atoms with van der Waals surface area (Å²) >= 11 is 0. The Morgan fingerprint density at radius 3 is 2.96 bits per heavy atom. The lowest BCUT2D eigenvalue weighted by Crippen LogP contribution is -2.55. The lowest BCUT2D eigenvalue weighted by atomic mass is 10.0. The van der Waals surface area contributed by atoms with Crippen LogP contribution >= 0.6 is 0 Å². The molecule has 3 atom stereocenters. The zero-order valence-electron chi connectivity index (χ0n) is 14.3. The second kappa shape index (κ2) is 5.21. The van der Waals surface area contributed by atoms with Crippen molar-refractivity contribution in [2.45, 2.75) is 45.3 Å². The third-order valence-corrected chi connectivity index (χ3v) is 5.91. The summed E-state index contributed by atoms with van der Waals surface area (Å²) in [7, 11) is 0. The molecule has 24 heavy (non-hydrogen) atoms. The smallest absolute Gasteiger partial charge is 0.227 e. The zero-order valence-corrected chi connectivity index (χ0v) is 14.3. The molecule has 0 spiro atoms. The van der Waals surface area contributed by atoms with E-state index < -0.39 is 0 Å². The average Bonchev–Trinajstić information content (AvgIpc) is 2.71. The minimum Gasteiger partial charge on any atom is -0.436 e. The van der Waals surface area contributed by atoms with Gasteiger partial charge in [0.05, 0.1) is 11.9 Å². The maximum Gasteiger partial charge on any atom is 0.227 e. The van der Waals surface area contributed by atoms with Gasteiger partial charge in [0.1, 0.15) is 0 Å². The quantitative estimate of drug-likeness (QED) is 0.668. The van der Waals surface area contributed by atoms with Gasteiger partial charge in [0.25, 0.3) is 0 Å². The van der Waals surface area contributed by atoms with Crippen LogP contribution in [0.2, 0.25) is 0 Å². The van der Waals surface area contributed by atoms with Gasteiger partial charge in [-0.25, -0.2) is 4.98 Å². The van der Waals surface area contributed by atoms with Crippen molar-refractivity contribution >= 4 is 27.8 Å². The van der Waals surface area contributed by atoms with Crippen LogP contribution in [0.4, 0.5) is 5.69 Å². The number of benzene rings is 1. The molecular formula is C20H23N3O. The average molecular weight is 321 g/mol. The van der Waals surface area contributed by atoms with E-state index in [1.54, 1.807) is 6.20 Å². The molecule has 0 aliphatic carbocycles. The molecule has 124 valence electrons. The molecule has 3 aliphatic rings. The van der Waals surface area contributed by atoms with E-state index in [4.69, 9.17) is 4.42 Å². The predicted octanol–water partition coefficient (Wildman–Crippen LogP) is 4.31. The molecule has 2 aromatic heterocycles. The summed E-state index contributed by atoms with van der Waals surface area (Å²) in [5.41, 5.74) is 4.31. The molecule has 0 N–H and O–H groups in total. The van der Waals surface area contributed by atoms with Crippen LogP contribution in [0.1, 0.15) is 31.7 Å². The lowest BCUT2D eigenvalue weighted by Gasteiger charge is -2.46. The molecule has 6 rings (SSSR count). The van der Waals surface area contributed by atoms with Crippen LogP contribution in [0.5, 0.6) is 0 Å². The Kier molecular flexibility index (Phi) is 3.10. The summed E-state index contributed by atoms with van der Waals surface area (Å²) in [5, 5.41) is 2.29. The van der Waals surface area contributed by atoms with Crippen LogP contribution in [0.15, 0.2) is 34.9 Å². The van der Waals surface area contributed by atoms with Crippen molar-refractivity contribution in [3.63, 3.8) is 0 Å². The van der Waals surface area contributed by atoms with Gasteiger partial charge in [-0.3, -0.25) is 4.90 Å². The van der Waals surface area contributed by atoms with Crippen molar-refractivity contribution < 1.29 is 4.42 Å². The molecule has 4 heteroatoms. The molecule has 5 heterocycles. The standard InChI is InChI=1S/C20H23N3O/c1-13-7-8-16-17-6-3-10-21-20(17)24-19(16)18(13)23-14(2)22-11-4-5-15(23)9-12-22/h3,6-8,10,14-15H,4-5,9,11-12H2,1-2H3. The summed E-state index contributed by atoms with van der Waals surface area (Å²) in [4.78, 5) is 9.66. The Balaban J connectivity index is 1.78. The topological polar surface area (TPSA) is 32.5 Å². The van der Waals surface area contributed by atoms with Crippen molar-refractivity contribution in [3.8, 4) is 0 Å². The second-order valence-electron chi connectivity index (χ2n) is 7.23. The van der Waals surface area contributed by atoms with Gasteiger partial charge in [-0.15, -0.1) is 0 Å². The number of nitrogens with zero attached hydrogens (tertiary/aromatic N) is 3. The van der Waals surface area contributed by atoms with Crippen molar-refractivity contribution in [1.29, 1.82) is 0 Å². The fourth-order valence-corrected chi connectivity index (χ4v) is 4.68. The Bertz CT molecular complexity index is 910. The summed E-state index contributed by atoms with van der Waals surface area (Å²) < 4.78 is 6.24. The number of pyridine rings is 1. The highest BCUT2D eigenvalue weighted by molar-refractivity contribution is 6.08. The second-order valence-corrected chi connectivity index (χ2v) is 7.23. The van der Waals surface area contributed by atoms with Crippen molar-refractivity contribution in [2.75, 3.05) is 18.0 Å². The number of anilines is 1. The van der Waals surface area contributed by atoms with Gasteiger partial charge in [0, 0.05) is 36.1 Å². The molecule has 3 aliphatic heterocycles. The fourth-order valence-electron chi connectivity index (χ4n) is 4.68. The first-order chi connectivity index (χ1) is 11.7. The third kappa shape index (κ3) is 1.92. The molecule has 0 radical (unpaired) electrons. The van der Waals surface area contributed by atoms with E-state index in [2.05, 4.69) is 46.8 Å². The Labute approximate surface area is 142 Å². The summed E-state index contributed by atoms with van der Waals surface area (Å²) in [6.45, 7) is 6.98. The third-order valence-electron chi connectivity index (χ3n) is 5.91. The van der Waals surface area contributed by atoms with Crippen LogP contribution in [-0.2, 0) is 0 Å². The highest BCUT2D eigenvalue weighted by atomic mass is 16.3. The monoisotopic (exact) mass is 321 g/mol. The normalized spacial score (nSPS) is 27.1. The predicted molar refractivity (Wildman–Crippen MR) is 97.4 cm³/mol. The van der Waals surface area contributed by atoms with Gasteiger partial charge in [0.2, 0.25) is 5.71 Å². The van der Waals surface area contributed by atoms with E-state index in [0.29, 0.717) is 12.2 Å². The Morgan fingerprint density at radius 2 is 2.04 bits per heavy atom. The van der Waals surface area contributed by atoms with E-state index in [1.807, 2.05) is 6.07 Å². The van der Waals surface area contributed by atoms with Gasteiger partial charge in [0.15, 0.2) is 5.58 Å². The van der Waals surface area contributed by atoms with Crippen LogP contribution in [0, 0.1) is 6.92 Å². The number of aryl methyl sites for hydroxylation is 1. The first kappa shape index (κ1) is 14.3. The largest absolute Gasteiger partial charge is 0.436 e. The van der Waals surface area contributed by atoms with Gasteiger partial charge in [-0.2, -0.15) is 0 Å². The number of hydrogen-bond donors (Lipinski definition) is 0. The summed E-state index contributed by atoms with van der Waals surface area (Å²) in [5.74, 6) is 0. The van der Waals surface area contributed by atoms with Gasteiger partial charge in [-0.05, 0) is 50.8 Å². The van der Waals surface area contributed by atoms with E-state index >= 15 is 0 Å². The fraction of sp³-hybridized carbons (Fsp3) is 0.450. The first-order valence-electron chi connectivity index (χ1n) is 9.03. The number of aromatic nitrogens is 1. The first-order valence-corrected chi connectivity index (χ1v) is 9.03. The van der Waals surface area contributed by atoms with E-state index in [1.165, 1.54) is 49.0 Å². The number of furan rings is 1. The van der Waals surface area contributed by atoms with Crippen LogP contribution < -0.4 is 4.90 Å². The highest BCUT2D eigenvalue weighted by Gasteiger charge is 2.37. The van der Waals surface area contributed by atoms with Gasteiger partial charge >= 0.3 is 0 Å². The summed E-state index contributed by atoms with van der Waals surface area (Å²) in [6.07, 6.45) is 6.05. The van der Waals surface area contributed by atoms with E-state index in [0.717, 1.165) is 16.7 Å². The number of rotatable bonds is 1. The van der Waals surface area contributed by atoms with Gasteiger partial charge < -0.3 is 9.32 Å². The van der Waals surface area contributed by atoms with Crippen LogP contribution in [0.25, 0.3) is 22.1 Å². The maximum atomic E-state index is 6.24. The number of hydrogen-bond acceptors (Lipinski definition) is 4. The molecule has 3 fully saturated rings. The van der Waals surface area contributed by atoms with Crippen LogP contribution in [-0.4, -0.2) is 35.2 Å². The summed E-state index contributed by atoms with van der Waals surface area (Å²) in [6, 6.07) is 9.13. The molecule has 0 amide bonds. The minimum absolute atomic E-state index is 0.428. The minimum atomic E-state index is 0.428. The maximum absolute atomic E-state index is 6.24. The molecular weight excluding hydrogens is 298 g/mol. The van der Waals surface area contributed by atoms with Crippen LogP contribution in [0.3, 0.4) is 0 Å². The lowest BCUT2D eigenvalue weighted by molar-refractivity contribution is 0.177. The SMILES string of the molecule is Cc1ccc2c(oc3ncccc32)c1N1C2CCCN(CC2)C1C. The molecule has 0 saturated carbocycles. The van der Waals surface area contributed by atoms with Crippen molar-refractivity contribution in [3.05, 3.63) is 36.0 Å². The molecule has 3 aromatic rings. The number of fused-ring (bicyclic) bond motifs is 7. The molecule has 4 nitrogen and oxygen atoms in total. The Morgan fingerprint density at radius 1 is 1.12 bits per heavy atom. The molecule has 2 bridgehead atoms. The molecule has 3 saturated heterocycles. The Hall–Kier alpha value is -2.07. The molecule has 3 unspecified atom stereocenters. The van der Waals surface area contributed by atoms with Gasteiger partial charge in [-0.1, -0.05) is 12.1 Å². The van der Waals surface area contributed by atoms with Crippen molar-refractivity contribution in [1.82, 2.24) is 9.88 Å².